The highest BCUT2D eigenvalue weighted by atomic mass is 14.8. The number of pyridine rings is 1. The average molecular weight is 196 g/mol. The molecular formula is C11H8N4. The van der Waals surface area contributed by atoms with Gasteiger partial charge in [-0.15, -0.1) is 0 Å². The first-order chi connectivity index (χ1) is 7.34. The zero-order chi connectivity index (χ0) is 10.3. The highest BCUT2D eigenvalue weighted by Gasteiger charge is 2.02. The molecule has 0 aliphatic rings. The predicted octanol–water partition coefficient (Wildman–Crippen LogP) is 1.76. The summed E-state index contributed by atoms with van der Waals surface area (Å²) < 4.78 is 0. The van der Waals surface area contributed by atoms with Crippen molar-refractivity contribution >= 4 is 27.6 Å². The Hall–Kier alpha value is -2.23. The van der Waals surface area contributed by atoms with Gasteiger partial charge in [0.25, 0.3) is 0 Å². The lowest BCUT2D eigenvalue weighted by Crippen LogP contribution is -1.91. The monoisotopic (exact) mass is 196 g/mol. The molecule has 0 atom stereocenters. The van der Waals surface area contributed by atoms with Gasteiger partial charge in [0, 0.05) is 17.0 Å². The molecule has 0 saturated carbocycles. The first-order valence-electron chi connectivity index (χ1n) is 4.59. The molecule has 2 aromatic heterocycles. The van der Waals surface area contributed by atoms with Crippen molar-refractivity contribution in [2.24, 2.45) is 0 Å². The quantitative estimate of drug-likeness (QED) is 0.556. The molecule has 72 valence electrons. The fourth-order valence-corrected chi connectivity index (χ4v) is 1.66. The first kappa shape index (κ1) is 8.11. The van der Waals surface area contributed by atoms with E-state index in [1.165, 1.54) is 6.33 Å². The van der Waals surface area contributed by atoms with Crippen LogP contribution in [0.2, 0.25) is 0 Å². The van der Waals surface area contributed by atoms with E-state index in [2.05, 4.69) is 15.0 Å². The summed E-state index contributed by atoms with van der Waals surface area (Å²) in [7, 11) is 0. The van der Waals surface area contributed by atoms with E-state index in [0.29, 0.717) is 5.82 Å². The molecule has 0 saturated heterocycles. The Morgan fingerprint density at radius 2 is 1.93 bits per heavy atom. The average Bonchev–Trinajstić information content (AvgIpc) is 2.29. The van der Waals surface area contributed by atoms with Gasteiger partial charge >= 0.3 is 0 Å². The lowest BCUT2D eigenvalue weighted by Gasteiger charge is -2.02. The fourth-order valence-electron chi connectivity index (χ4n) is 1.66. The van der Waals surface area contributed by atoms with Crippen LogP contribution in [-0.2, 0) is 0 Å². The molecule has 2 heterocycles. The normalized spacial score (nSPS) is 10.9. The molecule has 4 nitrogen and oxygen atoms in total. The van der Waals surface area contributed by atoms with Gasteiger partial charge in [-0.1, -0.05) is 6.07 Å². The van der Waals surface area contributed by atoms with Crippen molar-refractivity contribution in [2.75, 3.05) is 5.73 Å². The molecule has 0 unspecified atom stereocenters. The Morgan fingerprint density at radius 3 is 2.87 bits per heavy atom. The molecule has 0 radical (unpaired) electrons. The van der Waals surface area contributed by atoms with Crippen LogP contribution >= 0.6 is 0 Å². The van der Waals surface area contributed by atoms with Crippen LogP contribution < -0.4 is 5.73 Å². The van der Waals surface area contributed by atoms with Crippen molar-refractivity contribution in [2.45, 2.75) is 0 Å². The molecule has 0 bridgehead atoms. The highest BCUT2D eigenvalue weighted by molar-refractivity contribution is 6.03. The largest absolute Gasteiger partial charge is 0.384 e. The van der Waals surface area contributed by atoms with Crippen LogP contribution in [0.1, 0.15) is 0 Å². The van der Waals surface area contributed by atoms with E-state index >= 15 is 0 Å². The summed E-state index contributed by atoms with van der Waals surface area (Å²) >= 11 is 0. The third-order valence-corrected chi connectivity index (χ3v) is 2.37. The molecule has 0 fully saturated rings. The number of aromatic nitrogens is 3. The molecule has 15 heavy (non-hydrogen) atoms. The van der Waals surface area contributed by atoms with Gasteiger partial charge in [0.05, 0.1) is 11.0 Å². The number of anilines is 1. The Kier molecular flexibility index (Phi) is 1.56. The van der Waals surface area contributed by atoms with Crippen LogP contribution in [0.4, 0.5) is 5.82 Å². The lowest BCUT2D eigenvalue weighted by molar-refractivity contribution is 1.22. The molecule has 0 amide bonds. The molecule has 3 rings (SSSR count). The summed E-state index contributed by atoms with van der Waals surface area (Å²) in [5.41, 5.74) is 7.40. The predicted molar refractivity (Wildman–Crippen MR) is 59.3 cm³/mol. The third kappa shape index (κ3) is 1.19. The summed E-state index contributed by atoms with van der Waals surface area (Å²) in [5.74, 6) is 0.513. The Morgan fingerprint density at radius 1 is 1.07 bits per heavy atom. The van der Waals surface area contributed by atoms with Gasteiger partial charge in [0.15, 0.2) is 0 Å². The number of hydrogen-bond donors (Lipinski definition) is 1. The number of nitrogen functional groups attached to an aromatic ring is 1. The molecule has 1 aromatic carbocycles. The number of hydrogen-bond acceptors (Lipinski definition) is 4. The number of nitrogens with zero attached hydrogens (tertiary/aromatic N) is 3. The summed E-state index contributed by atoms with van der Waals surface area (Å²) in [5, 5.41) is 1.98. The zero-order valence-electron chi connectivity index (χ0n) is 7.88. The standard InChI is InChI=1S/C11H8N4/c12-10-4-2-7-1-3-9-8(11(7)15-10)5-13-6-14-9/h1-6H,(H2,12,15). The van der Waals surface area contributed by atoms with Crippen molar-refractivity contribution in [1.82, 2.24) is 15.0 Å². The summed E-state index contributed by atoms with van der Waals surface area (Å²) in [6.07, 6.45) is 3.29. The molecular weight excluding hydrogens is 188 g/mol. The van der Waals surface area contributed by atoms with Gasteiger partial charge < -0.3 is 5.73 Å². The van der Waals surface area contributed by atoms with Crippen LogP contribution in [0.5, 0.6) is 0 Å². The smallest absolute Gasteiger partial charge is 0.124 e. The highest BCUT2D eigenvalue weighted by Crippen LogP contribution is 2.22. The van der Waals surface area contributed by atoms with Crippen molar-refractivity contribution in [3.63, 3.8) is 0 Å². The van der Waals surface area contributed by atoms with E-state index in [9.17, 15) is 0 Å². The molecule has 0 spiro atoms. The van der Waals surface area contributed by atoms with Crippen LogP contribution in [0.3, 0.4) is 0 Å². The van der Waals surface area contributed by atoms with Gasteiger partial charge in [-0.3, -0.25) is 0 Å². The van der Waals surface area contributed by atoms with Gasteiger partial charge in [0.2, 0.25) is 0 Å². The minimum atomic E-state index is 0.513. The number of rotatable bonds is 0. The van der Waals surface area contributed by atoms with Crippen LogP contribution in [0.15, 0.2) is 36.8 Å². The molecule has 2 N–H and O–H groups in total. The fraction of sp³-hybridized carbons (Fsp3) is 0. The van der Waals surface area contributed by atoms with E-state index < -0.39 is 0 Å². The van der Waals surface area contributed by atoms with Gasteiger partial charge in [-0.2, -0.15) is 0 Å². The lowest BCUT2D eigenvalue weighted by atomic mass is 10.1. The van der Waals surface area contributed by atoms with E-state index in [0.717, 1.165) is 21.8 Å². The maximum atomic E-state index is 5.66. The number of nitrogens with two attached hydrogens (primary N) is 1. The Labute approximate surface area is 85.8 Å². The summed E-state index contributed by atoms with van der Waals surface area (Å²) in [6, 6.07) is 7.68. The van der Waals surface area contributed by atoms with E-state index in [4.69, 9.17) is 5.73 Å². The first-order valence-corrected chi connectivity index (χ1v) is 4.59. The van der Waals surface area contributed by atoms with E-state index in [1.807, 2.05) is 18.2 Å². The maximum absolute atomic E-state index is 5.66. The third-order valence-electron chi connectivity index (χ3n) is 2.37. The minimum absolute atomic E-state index is 0.513. The van der Waals surface area contributed by atoms with Gasteiger partial charge in [0.1, 0.15) is 12.1 Å². The van der Waals surface area contributed by atoms with Crippen molar-refractivity contribution in [1.29, 1.82) is 0 Å². The molecule has 4 heteroatoms. The van der Waals surface area contributed by atoms with Crippen molar-refractivity contribution < 1.29 is 0 Å². The Bertz CT molecular complexity index is 648. The SMILES string of the molecule is Nc1ccc2ccc3ncncc3c2n1. The molecule has 0 aliphatic carbocycles. The topological polar surface area (TPSA) is 64.7 Å². The second-order valence-electron chi connectivity index (χ2n) is 3.33. The van der Waals surface area contributed by atoms with Crippen molar-refractivity contribution in [3.05, 3.63) is 36.8 Å². The van der Waals surface area contributed by atoms with Crippen molar-refractivity contribution in [3.8, 4) is 0 Å². The second kappa shape index (κ2) is 2.88. The maximum Gasteiger partial charge on any atom is 0.124 e. The number of fused-ring (bicyclic) bond motifs is 3. The Balaban J connectivity index is 2.57. The van der Waals surface area contributed by atoms with E-state index in [1.54, 1.807) is 12.3 Å². The number of benzene rings is 1. The van der Waals surface area contributed by atoms with Gasteiger partial charge in [-0.05, 0) is 18.2 Å². The molecule has 3 aromatic rings. The zero-order valence-corrected chi connectivity index (χ0v) is 7.88. The van der Waals surface area contributed by atoms with E-state index in [-0.39, 0.29) is 0 Å². The molecule has 0 aliphatic heterocycles. The van der Waals surface area contributed by atoms with Crippen LogP contribution in [-0.4, -0.2) is 15.0 Å². The van der Waals surface area contributed by atoms with Crippen LogP contribution in [0.25, 0.3) is 21.8 Å². The van der Waals surface area contributed by atoms with Crippen LogP contribution in [0, 0.1) is 0 Å². The minimum Gasteiger partial charge on any atom is -0.384 e. The summed E-state index contributed by atoms with van der Waals surface area (Å²) in [4.78, 5) is 12.5. The van der Waals surface area contributed by atoms with Gasteiger partial charge in [-0.25, -0.2) is 15.0 Å². The summed E-state index contributed by atoms with van der Waals surface area (Å²) in [6.45, 7) is 0. The second-order valence-corrected chi connectivity index (χ2v) is 3.33.